The molecule has 0 bridgehead atoms. The maximum atomic E-state index is 6.73. The van der Waals surface area contributed by atoms with Crippen molar-refractivity contribution < 1.29 is 4.74 Å². The highest BCUT2D eigenvalue weighted by Crippen LogP contribution is 2.42. The summed E-state index contributed by atoms with van der Waals surface area (Å²) in [4.78, 5) is 2.52. The summed E-state index contributed by atoms with van der Waals surface area (Å²) < 4.78 is 5.43. The highest BCUT2D eigenvalue weighted by atomic mass is 16.5. The van der Waals surface area contributed by atoms with E-state index in [9.17, 15) is 0 Å². The molecule has 0 radical (unpaired) electrons. The lowest BCUT2D eigenvalue weighted by molar-refractivity contribution is 0.408. The van der Waals surface area contributed by atoms with Crippen LogP contribution in [0.25, 0.3) is 0 Å². The van der Waals surface area contributed by atoms with E-state index in [1.165, 1.54) is 43.4 Å². The number of benzene rings is 1. The second-order valence-electron chi connectivity index (χ2n) is 6.29. The quantitative estimate of drug-likeness (QED) is 0.918. The van der Waals surface area contributed by atoms with Gasteiger partial charge in [0.25, 0.3) is 0 Å². The Balaban J connectivity index is 1.99. The van der Waals surface area contributed by atoms with E-state index < -0.39 is 0 Å². The maximum absolute atomic E-state index is 6.73. The van der Waals surface area contributed by atoms with E-state index >= 15 is 0 Å². The molecule has 1 aliphatic heterocycles. The molecule has 0 atom stereocenters. The molecule has 1 aromatic rings. The van der Waals surface area contributed by atoms with Gasteiger partial charge in [-0.3, -0.25) is 0 Å². The molecule has 0 amide bonds. The van der Waals surface area contributed by atoms with Gasteiger partial charge in [0.05, 0.1) is 7.11 Å². The van der Waals surface area contributed by atoms with E-state index in [0.29, 0.717) is 0 Å². The summed E-state index contributed by atoms with van der Waals surface area (Å²) in [5.74, 6) is 0.928. The van der Waals surface area contributed by atoms with Crippen LogP contribution in [0, 0.1) is 0 Å². The lowest BCUT2D eigenvalue weighted by atomic mass is 9.87. The topological polar surface area (TPSA) is 38.5 Å². The van der Waals surface area contributed by atoms with E-state index in [1.807, 2.05) is 0 Å². The van der Waals surface area contributed by atoms with Crippen molar-refractivity contribution in [2.24, 2.45) is 5.73 Å². The molecule has 0 spiro atoms. The van der Waals surface area contributed by atoms with Gasteiger partial charge >= 0.3 is 0 Å². The number of hydrogen-bond acceptors (Lipinski definition) is 3. The van der Waals surface area contributed by atoms with Crippen molar-refractivity contribution in [3.05, 3.63) is 23.8 Å². The number of piperidine rings is 1. The first kappa shape index (κ1) is 13.7. The Labute approximate surface area is 122 Å². The Morgan fingerprint density at radius 1 is 1.05 bits per heavy atom. The van der Waals surface area contributed by atoms with Gasteiger partial charge in [0.1, 0.15) is 5.75 Å². The highest BCUT2D eigenvalue weighted by Gasteiger charge is 2.34. The van der Waals surface area contributed by atoms with Crippen molar-refractivity contribution >= 4 is 5.69 Å². The van der Waals surface area contributed by atoms with Gasteiger partial charge in [-0.1, -0.05) is 12.8 Å². The summed E-state index contributed by atoms with van der Waals surface area (Å²) in [7, 11) is 1.73. The molecule has 110 valence electrons. The van der Waals surface area contributed by atoms with Crippen LogP contribution in [0.1, 0.15) is 50.5 Å². The predicted octanol–water partition coefficient (Wildman–Crippen LogP) is 3.41. The maximum Gasteiger partial charge on any atom is 0.119 e. The van der Waals surface area contributed by atoms with E-state index in [4.69, 9.17) is 10.5 Å². The third-order valence-electron chi connectivity index (χ3n) is 4.93. The molecule has 1 saturated carbocycles. The molecule has 1 heterocycles. The monoisotopic (exact) mass is 274 g/mol. The normalized spacial score (nSPS) is 22.0. The smallest absolute Gasteiger partial charge is 0.119 e. The van der Waals surface area contributed by atoms with Gasteiger partial charge < -0.3 is 15.4 Å². The molecule has 3 rings (SSSR count). The van der Waals surface area contributed by atoms with Gasteiger partial charge in [-0.05, 0) is 55.9 Å². The largest absolute Gasteiger partial charge is 0.497 e. The summed E-state index contributed by atoms with van der Waals surface area (Å²) in [6.07, 6.45) is 8.63. The molecular formula is C17H26N2O. The lowest BCUT2D eigenvalue weighted by Gasteiger charge is -2.35. The SMILES string of the molecule is COc1ccc(N2CCCCC2)c(C2(N)CCCC2)c1. The minimum Gasteiger partial charge on any atom is -0.497 e. The molecule has 2 aliphatic rings. The molecule has 20 heavy (non-hydrogen) atoms. The minimum absolute atomic E-state index is 0.151. The fraction of sp³-hybridized carbons (Fsp3) is 0.647. The number of anilines is 1. The van der Waals surface area contributed by atoms with Crippen molar-refractivity contribution in [1.82, 2.24) is 0 Å². The summed E-state index contributed by atoms with van der Waals surface area (Å²) in [6, 6.07) is 6.47. The van der Waals surface area contributed by atoms with E-state index in [2.05, 4.69) is 23.1 Å². The third-order valence-corrected chi connectivity index (χ3v) is 4.93. The molecular weight excluding hydrogens is 248 g/mol. The number of methoxy groups -OCH3 is 1. The molecule has 1 aromatic carbocycles. The summed E-state index contributed by atoms with van der Waals surface area (Å²) in [6.45, 7) is 2.32. The van der Waals surface area contributed by atoms with Crippen molar-refractivity contribution in [1.29, 1.82) is 0 Å². The van der Waals surface area contributed by atoms with Gasteiger partial charge in [0, 0.05) is 24.3 Å². The van der Waals surface area contributed by atoms with Crippen molar-refractivity contribution in [3.8, 4) is 5.75 Å². The van der Waals surface area contributed by atoms with Crippen molar-refractivity contribution in [3.63, 3.8) is 0 Å². The molecule has 3 nitrogen and oxygen atoms in total. The van der Waals surface area contributed by atoms with E-state index in [0.717, 1.165) is 31.7 Å². The van der Waals surface area contributed by atoms with Crippen LogP contribution in [0.5, 0.6) is 5.75 Å². The number of nitrogens with zero attached hydrogens (tertiary/aromatic N) is 1. The average Bonchev–Trinajstić information content (AvgIpc) is 2.95. The van der Waals surface area contributed by atoms with E-state index in [-0.39, 0.29) is 5.54 Å². The second-order valence-corrected chi connectivity index (χ2v) is 6.29. The number of nitrogens with two attached hydrogens (primary N) is 1. The summed E-state index contributed by atoms with van der Waals surface area (Å²) in [5, 5.41) is 0. The zero-order valence-electron chi connectivity index (χ0n) is 12.5. The van der Waals surface area contributed by atoms with Gasteiger partial charge in [0.15, 0.2) is 0 Å². The molecule has 2 fully saturated rings. The minimum atomic E-state index is -0.151. The molecule has 2 N–H and O–H groups in total. The lowest BCUT2D eigenvalue weighted by Crippen LogP contribution is -2.37. The van der Waals surface area contributed by atoms with Crippen LogP contribution in [0.2, 0.25) is 0 Å². The van der Waals surface area contributed by atoms with E-state index in [1.54, 1.807) is 7.11 Å². The standard InChI is InChI=1S/C17H26N2O/c1-20-14-7-8-16(19-11-5-2-6-12-19)15(13-14)17(18)9-3-4-10-17/h7-8,13H,2-6,9-12,18H2,1H3. The number of hydrogen-bond donors (Lipinski definition) is 1. The Hall–Kier alpha value is -1.22. The Morgan fingerprint density at radius 2 is 1.75 bits per heavy atom. The van der Waals surface area contributed by atoms with Gasteiger partial charge in [0.2, 0.25) is 0 Å². The van der Waals surface area contributed by atoms with Crippen LogP contribution in [0.3, 0.4) is 0 Å². The average molecular weight is 274 g/mol. The predicted molar refractivity (Wildman–Crippen MR) is 83.4 cm³/mol. The van der Waals surface area contributed by atoms with Crippen LogP contribution in [-0.2, 0) is 5.54 Å². The number of ether oxygens (including phenoxy) is 1. The molecule has 3 heteroatoms. The third kappa shape index (κ3) is 2.51. The van der Waals surface area contributed by atoms with Crippen LogP contribution < -0.4 is 15.4 Å². The summed E-state index contributed by atoms with van der Waals surface area (Å²) >= 11 is 0. The van der Waals surface area contributed by atoms with Gasteiger partial charge in [-0.25, -0.2) is 0 Å². The van der Waals surface area contributed by atoms with Gasteiger partial charge in [-0.2, -0.15) is 0 Å². The van der Waals surface area contributed by atoms with Crippen molar-refractivity contribution in [2.75, 3.05) is 25.1 Å². The zero-order valence-corrected chi connectivity index (χ0v) is 12.5. The fourth-order valence-corrected chi connectivity index (χ4v) is 3.73. The van der Waals surface area contributed by atoms with Crippen LogP contribution >= 0.6 is 0 Å². The summed E-state index contributed by atoms with van der Waals surface area (Å²) in [5.41, 5.74) is 9.22. The second kappa shape index (κ2) is 5.65. The Kier molecular flexibility index (Phi) is 3.88. The van der Waals surface area contributed by atoms with Crippen LogP contribution in [0.15, 0.2) is 18.2 Å². The van der Waals surface area contributed by atoms with Crippen LogP contribution in [-0.4, -0.2) is 20.2 Å². The highest BCUT2D eigenvalue weighted by molar-refractivity contribution is 5.59. The molecule has 1 saturated heterocycles. The van der Waals surface area contributed by atoms with Gasteiger partial charge in [-0.15, -0.1) is 0 Å². The first-order chi connectivity index (χ1) is 9.73. The Morgan fingerprint density at radius 3 is 2.40 bits per heavy atom. The fourth-order valence-electron chi connectivity index (χ4n) is 3.73. The first-order valence-electron chi connectivity index (χ1n) is 7.95. The molecule has 1 aliphatic carbocycles. The zero-order chi connectivity index (χ0) is 14.0. The van der Waals surface area contributed by atoms with Crippen LogP contribution in [0.4, 0.5) is 5.69 Å². The Bertz CT molecular complexity index is 460. The number of rotatable bonds is 3. The molecule has 0 aromatic heterocycles. The molecule has 0 unspecified atom stereocenters. The van der Waals surface area contributed by atoms with Crippen molar-refractivity contribution in [2.45, 2.75) is 50.5 Å². The first-order valence-corrected chi connectivity index (χ1v) is 7.95.